The lowest BCUT2D eigenvalue weighted by Crippen LogP contribution is -2.38. The third kappa shape index (κ3) is 3.60. The Balaban J connectivity index is 1.91. The minimum atomic E-state index is -0.594. The Kier molecular flexibility index (Phi) is 5.61. The molecule has 2 amide bonds. The van der Waals surface area contributed by atoms with E-state index >= 15 is 0 Å². The molecule has 26 heavy (non-hydrogen) atoms. The van der Waals surface area contributed by atoms with Crippen molar-refractivity contribution in [1.82, 2.24) is 4.90 Å². The number of amides is 2. The molecule has 1 heterocycles. The molecular formula is C20H21BrN2O3. The number of nitrogens with zero attached hydrogens (tertiary/aromatic N) is 2. The summed E-state index contributed by atoms with van der Waals surface area (Å²) in [5, 5.41) is 0. The molecular weight excluding hydrogens is 396 g/mol. The molecule has 1 atom stereocenters. The summed E-state index contributed by atoms with van der Waals surface area (Å²) in [5.74, 6) is 0.692. The lowest BCUT2D eigenvalue weighted by Gasteiger charge is -2.27. The monoisotopic (exact) mass is 416 g/mol. The summed E-state index contributed by atoms with van der Waals surface area (Å²) >= 11 is 3.41. The first-order chi connectivity index (χ1) is 12.5. The van der Waals surface area contributed by atoms with Crippen LogP contribution in [0.3, 0.4) is 0 Å². The summed E-state index contributed by atoms with van der Waals surface area (Å²) in [6.45, 7) is 2.88. The summed E-state index contributed by atoms with van der Waals surface area (Å²) in [7, 11) is 1.59. The molecule has 1 fully saturated rings. The van der Waals surface area contributed by atoms with E-state index in [2.05, 4.69) is 15.9 Å². The first-order valence-electron chi connectivity index (χ1n) is 8.55. The number of anilines is 1. The van der Waals surface area contributed by atoms with E-state index in [9.17, 15) is 9.59 Å². The number of methoxy groups -OCH3 is 1. The molecule has 0 saturated carbocycles. The maximum Gasteiger partial charge on any atom is 0.325 e. The van der Waals surface area contributed by atoms with E-state index < -0.39 is 6.04 Å². The number of carbonyl (C=O) groups is 2. The van der Waals surface area contributed by atoms with Crippen molar-refractivity contribution in [2.45, 2.75) is 19.4 Å². The van der Waals surface area contributed by atoms with Gasteiger partial charge >= 0.3 is 6.03 Å². The summed E-state index contributed by atoms with van der Waals surface area (Å²) in [4.78, 5) is 29.1. The Morgan fingerprint density at radius 2 is 1.92 bits per heavy atom. The molecule has 1 unspecified atom stereocenters. The number of rotatable bonds is 6. The molecule has 0 bridgehead atoms. The van der Waals surface area contributed by atoms with Gasteiger partial charge in [0.05, 0.1) is 7.11 Å². The van der Waals surface area contributed by atoms with Gasteiger partial charge in [-0.05, 0) is 42.0 Å². The molecule has 0 aromatic heterocycles. The lowest BCUT2D eigenvalue weighted by atomic mass is 9.99. The quantitative estimate of drug-likeness (QED) is 0.699. The molecule has 0 N–H and O–H groups in total. The Bertz CT molecular complexity index is 807. The molecule has 3 rings (SSSR count). The van der Waals surface area contributed by atoms with Gasteiger partial charge in [0.1, 0.15) is 11.8 Å². The highest BCUT2D eigenvalue weighted by Gasteiger charge is 2.38. The van der Waals surface area contributed by atoms with Gasteiger partial charge in [-0.3, -0.25) is 9.69 Å². The van der Waals surface area contributed by atoms with Crippen LogP contribution >= 0.6 is 15.9 Å². The SMILES string of the molecule is CCC(=O)C(c1cccc(OC)c1)N1CCN(c2ccc(Br)cc2)C1=O. The van der Waals surface area contributed by atoms with Crippen molar-refractivity contribution in [3.8, 4) is 5.75 Å². The number of urea groups is 1. The van der Waals surface area contributed by atoms with Crippen LogP contribution in [0.25, 0.3) is 0 Å². The van der Waals surface area contributed by atoms with Gasteiger partial charge in [0.25, 0.3) is 0 Å². The van der Waals surface area contributed by atoms with Crippen LogP contribution in [0.2, 0.25) is 0 Å². The van der Waals surface area contributed by atoms with Crippen LogP contribution in [0.4, 0.5) is 10.5 Å². The van der Waals surface area contributed by atoms with E-state index in [0.717, 1.165) is 15.7 Å². The Morgan fingerprint density at radius 1 is 1.19 bits per heavy atom. The molecule has 136 valence electrons. The second kappa shape index (κ2) is 7.91. The fourth-order valence-electron chi connectivity index (χ4n) is 3.20. The molecule has 6 heteroatoms. The summed E-state index contributed by atoms with van der Waals surface area (Å²) < 4.78 is 6.24. The Hall–Kier alpha value is -2.34. The molecule has 0 spiro atoms. The maximum atomic E-state index is 13.0. The summed E-state index contributed by atoms with van der Waals surface area (Å²) in [6, 6.07) is 14.2. The third-order valence-electron chi connectivity index (χ3n) is 4.55. The average Bonchev–Trinajstić information content (AvgIpc) is 3.04. The van der Waals surface area contributed by atoms with Crippen molar-refractivity contribution in [2.75, 3.05) is 25.1 Å². The number of hydrogen-bond donors (Lipinski definition) is 0. The van der Waals surface area contributed by atoms with Crippen molar-refractivity contribution in [2.24, 2.45) is 0 Å². The molecule has 0 radical (unpaired) electrons. The zero-order valence-electron chi connectivity index (χ0n) is 14.8. The average molecular weight is 417 g/mol. The van der Waals surface area contributed by atoms with Crippen molar-refractivity contribution in [3.63, 3.8) is 0 Å². The molecule has 1 aliphatic heterocycles. The van der Waals surface area contributed by atoms with E-state index in [-0.39, 0.29) is 11.8 Å². The van der Waals surface area contributed by atoms with E-state index in [1.807, 2.05) is 55.5 Å². The minimum Gasteiger partial charge on any atom is -0.497 e. The highest BCUT2D eigenvalue weighted by molar-refractivity contribution is 9.10. The van der Waals surface area contributed by atoms with Gasteiger partial charge in [-0.15, -0.1) is 0 Å². The first kappa shape index (κ1) is 18.5. The van der Waals surface area contributed by atoms with Crippen LogP contribution in [0.15, 0.2) is 53.0 Å². The van der Waals surface area contributed by atoms with E-state index in [4.69, 9.17) is 4.74 Å². The topological polar surface area (TPSA) is 49.9 Å². The summed E-state index contributed by atoms with van der Waals surface area (Å²) in [6.07, 6.45) is 0.365. The molecule has 2 aromatic rings. The van der Waals surface area contributed by atoms with Crippen molar-refractivity contribution >= 4 is 33.4 Å². The van der Waals surface area contributed by atoms with Gasteiger partial charge in [0.15, 0.2) is 5.78 Å². The molecule has 1 aliphatic rings. The van der Waals surface area contributed by atoms with Crippen LogP contribution in [0, 0.1) is 0 Å². The van der Waals surface area contributed by atoms with Crippen LogP contribution in [-0.2, 0) is 4.79 Å². The van der Waals surface area contributed by atoms with Crippen molar-refractivity contribution < 1.29 is 14.3 Å². The summed E-state index contributed by atoms with van der Waals surface area (Å²) in [5.41, 5.74) is 1.61. The number of Topliss-reactive ketones (excluding diaryl/α,β-unsaturated/α-hetero) is 1. The van der Waals surface area contributed by atoms with Crippen LogP contribution in [-0.4, -0.2) is 36.9 Å². The van der Waals surface area contributed by atoms with Crippen LogP contribution in [0.5, 0.6) is 5.75 Å². The maximum absolute atomic E-state index is 13.0. The predicted octanol–water partition coefficient (Wildman–Crippen LogP) is 4.42. The van der Waals surface area contributed by atoms with Gasteiger partial charge in [0.2, 0.25) is 0 Å². The molecule has 5 nitrogen and oxygen atoms in total. The number of carbonyl (C=O) groups excluding carboxylic acids is 2. The van der Waals surface area contributed by atoms with E-state index in [1.54, 1.807) is 16.9 Å². The molecule has 1 saturated heterocycles. The highest BCUT2D eigenvalue weighted by Crippen LogP contribution is 2.31. The number of hydrogen-bond acceptors (Lipinski definition) is 3. The third-order valence-corrected chi connectivity index (χ3v) is 5.08. The van der Waals surface area contributed by atoms with Gasteiger partial charge < -0.3 is 9.64 Å². The number of ketones is 1. The molecule has 0 aliphatic carbocycles. The van der Waals surface area contributed by atoms with Crippen molar-refractivity contribution in [3.05, 3.63) is 58.6 Å². The Labute approximate surface area is 161 Å². The molecule has 2 aromatic carbocycles. The largest absolute Gasteiger partial charge is 0.497 e. The Morgan fingerprint density at radius 3 is 2.58 bits per heavy atom. The zero-order chi connectivity index (χ0) is 18.7. The standard InChI is InChI=1S/C20H21BrN2O3/c1-3-18(24)19(14-5-4-6-17(13-14)26-2)23-12-11-22(20(23)25)16-9-7-15(21)8-10-16/h4-10,13,19H,3,11-12H2,1-2H3. The van der Waals surface area contributed by atoms with Gasteiger partial charge in [-0.25, -0.2) is 4.79 Å². The zero-order valence-corrected chi connectivity index (χ0v) is 16.4. The van der Waals surface area contributed by atoms with Crippen LogP contribution in [0.1, 0.15) is 24.9 Å². The lowest BCUT2D eigenvalue weighted by molar-refractivity contribution is -0.123. The van der Waals surface area contributed by atoms with Crippen LogP contribution < -0.4 is 9.64 Å². The highest BCUT2D eigenvalue weighted by atomic mass is 79.9. The fraction of sp³-hybridized carbons (Fsp3) is 0.300. The second-order valence-corrected chi connectivity index (χ2v) is 7.02. The van der Waals surface area contributed by atoms with Gasteiger partial charge in [-0.1, -0.05) is 35.0 Å². The minimum absolute atomic E-state index is 0.0178. The second-order valence-electron chi connectivity index (χ2n) is 6.10. The number of benzene rings is 2. The first-order valence-corrected chi connectivity index (χ1v) is 9.34. The smallest absolute Gasteiger partial charge is 0.325 e. The van der Waals surface area contributed by atoms with Gasteiger partial charge in [0, 0.05) is 29.7 Å². The number of ether oxygens (including phenoxy) is 1. The van der Waals surface area contributed by atoms with E-state index in [1.165, 1.54) is 0 Å². The fourth-order valence-corrected chi connectivity index (χ4v) is 3.46. The van der Waals surface area contributed by atoms with E-state index in [0.29, 0.717) is 25.3 Å². The number of halogens is 1. The van der Waals surface area contributed by atoms with Crippen molar-refractivity contribution in [1.29, 1.82) is 0 Å². The van der Waals surface area contributed by atoms with Gasteiger partial charge in [-0.2, -0.15) is 0 Å². The normalized spacial score (nSPS) is 15.3. The predicted molar refractivity (Wildman–Crippen MR) is 105 cm³/mol.